The molecule has 0 radical (unpaired) electrons. The predicted octanol–water partition coefficient (Wildman–Crippen LogP) is 3.12. The first kappa shape index (κ1) is 17.3. The lowest BCUT2D eigenvalue weighted by Crippen LogP contribution is -2.25. The van der Waals surface area contributed by atoms with Gasteiger partial charge >= 0.3 is 0 Å². The van der Waals surface area contributed by atoms with E-state index in [9.17, 15) is 4.79 Å². The number of fused-ring (bicyclic) bond motifs is 1. The number of hydrogen-bond donors (Lipinski definition) is 1. The number of benzene rings is 1. The van der Waals surface area contributed by atoms with Crippen LogP contribution in [0.15, 0.2) is 24.3 Å². The minimum atomic E-state index is -0.117. The Morgan fingerprint density at radius 2 is 2.00 bits per heavy atom. The van der Waals surface area contributed by atoms with Crippen molar-refractivity contribution < 1.29 is 14.3 Å². The highest BCUT2D eigenvalue weighted by Gasteiger charge is 2.16. The third-order valence-corrected chi connectivity index (χ3v) is 4.19. The van der Waals surface area contributed by atoms with E-state index in [1.54, 1.807) is 4.68 Å². The molecule has 1 aliphatic heterocycles. The first-order valence-electron chi connectivity index (χ1n) is 8.83. The molecule has 1 aromatic carbocycles. The molecule has 1 amide bonds. The first-order chi connectivity index (χ1) is 12.1. The van der Waals surface area contributed by atoms with Crippen LogP contribution < -0.4 is 14.8 Å². The maximum absolute atomic E-state index is 12.5. The largest absolute Gasteiger partial charge is 0.490 e. The fourth-order valence-electron chi connectivity index (χ4n) is 2.73. The normalized spacial score (nSPS) is 13.6. The molecule has 0 unspecified atom stereocenters. The molecule has 0 spiro atoms. The van der Waals surface area contributed by atoms with Gasteiger partial charge in [-0.1, -0.05) is 19.9 Å². The lowest BCUT2D eigenvalue weighted by atomic mass is 10.1. The molecular weight excluding hydrogens is 318 g/mol. The average molecular weight is 343 g/mol. The van der Waals surface area contributed by atoms with Crippen LogP contribution in [0.4, 0.5) is 0 Å². The van der Waals surface area contributed by atoms with Gasteiger partial charge in [0, 0.05) is 19.5 Å². The molecule has 1 aliphatic rings. The summed E-state index contributed by atoms with van der Waals surface area (Å²) >= 11 is 0. The van der Waals surface area contributed by atoms with E-state index in [-0.39, 0.29) is 5.91 Å². The predicted molar refractivity (Wildman–Crippen MR) is 95.2 cm³/mol. The Kier molecular flexibility index (Phi) is 5.26. The van der Waals surface area contributed by atoms with E-state index in [0.717, 1.165) is 29.2 Å². The lowest BCUT2D eigenvalue weighted by Gasteiger charge is -2.10. The number of hydrogen-bond acceptors (Lipinski definition) is 4. The zero-order chi connectivity index (χ0) is 17.8. The van der Waals surface area contributed by atoms with Crippen LogP contribution in [0, 0.1) is 0 Å². The summed E-state index contributed by atoms with van der Waals surface area (Å²) in [7, 11) is 0. The molecule has 0 atom stereocenters. The smallest absolute Gasteiger partial charge is 0.269 e. The van der Waals surface area contributed by atoms with Crippen LogP contribution in [0.25, 0.3) is 0 Å². The average Bonchev–Trinajstić information content (AvgIpc) is 2.92. The molecule has 0 aliphatic carbocycles. The molecule has 0 saturated carbocycles. The Labute approximate surface area is 148 Å². The summed E-state index contributed by atoms with van der Waals surface area (Å²) in [6, 6.07) is 7.65. The minimum absolute atomic E-state index is 0.117. The SMILES string of the molecule is CCn1nc(C(C)C)cc1C(=O)NCc1ccc2c(c1)OCCCO2. The highest BCUT2D eigenvalue weighted by molar-refractivity contribution is 5.92. The molecule has 3 rings (SSSR count). The van der Waals surface area contributed by atoms with Gasteiger partial charge in [0.1, 0.15) is 5.69 Å². The van der Waals surface area contributed by atoms with Crippen molar-refractivity contribution in [2.75, 3.05) is 13.2 Å². The van der Waals surface area contributed by atoms with Gasteiger partial charge in [0.05, 0.1) is 18.9 Å². The number of ether oxygens (including phenoxy) is 2. The summed E-state index contributed by atoms with van der Waals surface area (Å²) in [5, 5.41) is 7.46. The van der Waals surface area contributed by atoms with Crippen molar-refractivity contribution >= 4 is 5.91 Å². The minimum Gasteiger partial charge on any atom is -0.490 e. The Morgan fingerprint density at radius 3 is 2.72 bits per heavy atom. The zero-order valence-electron chi connectivity index (χ0n) is 15.0. The van der Waals surface area contributed by atoms with Gasteiger partial charge < -0.3 is 14.8 Å². The van der Waals surface area contributed by atoms with Crippen LogP contribution in [-0.2, 0) is 13.1 Å². The van der Waals surface area contributed by atoms with Crippen molar-refractivity contribution in [3.8, 4) is 11.5 Å². The van der Waals surface area contributed by atoms with E-state index in [1.165, 1.54) is 0 Å². The van der Waals surface area contributed by atoms with Crippen molar-refractivity contribution in [2.45, 2.75) is 46.2 Å². The van der Waals surface area contributed by atoms with E-state index in [1.807, 2.05) is 31.2 Å². The van der Waals surface area contributed by atoms with Crippen LogP contribution in [0.3, 0.4) is 0 Å². The third-order valence-electron chi connectivity index (χ3n) is 4.19. The van der Waals surface area contributed by atoms with E-state index in [0.29, 0.717) is 37.9 Å². The van der Waals surface area contributed by atoms with Crippen molar-refractivity contribution in [3.63, 3.8) is 0 Å². The zero-order valence-corrected chi connectivity index (χ0v) is 15.0. The summed E-state index contributed by atoms with van der Waals surface area (Å²) in [5.41, 5.74) is 2.51. The highest BCUT2D eigenvalue weighted by atomic mass is 16.5. The molecule has 1 aromatic heterocycles. The van der Waals surface area contributed by atoms with E-state index in [4.69, 9.17) is 9.47 Å². The van der Waals surface area contributed by atoms with Gasteiger partial charge in [-0.3, -0.25) is 9.48 Å². The standard InChI is InChI=1S/C19H25N3O3/c1-4-22-16(11-15(21-22)13(2)3)19(23)20-12-14-6-7-17-18(10-14)25-9-5-8-24-17/h6-7,10-11,13H,4-5,8-9,12H2,1-3H3,(H,20,23). The van der Waals surface area contributed by atoms with Gasteiger partial charge in [0.15, 0.2) is 11.5 Å². The summed E-state index contributed by atoms with van der Waals surface area (Å²) in [5.74, 6) is 1.68. The summed E-state index contributed by atoms with van der Waals surface area (Å²) in [4.78, 5) is 12.5. The topological polar surface area (TPSA) is 65.4 Å². The van der Waals surface area contributed by atoms with Crippen LogP contribution in [0.1, 0.15) is 54.9 Å². The maximum atomic E-state index is 12.5. The third kappa shape index (κ3) is 3.95. The molecule has 25 heavy (non-hydrogen) atoms. The summed E-state index contributed by atoms with van der Waals surface area (Å²) in [6.45, 7) is 8.54. The van der Waals surface area contributed by atoms with Gasteiger partial charge in [-0.15, -0.1) is 0 Å². The van der Waals surface area contributed by atoms with Gasteiger partial charge in [0.25, 0.3) is 5.91 Å². The second-order valence-corrected chi connectivity index (χ2v) is 6.44. The molecule has 134 valence electrons. The number of amides is 1. The Morgan fingerprint density at radius 1 is 1.24 bits per heavy atom. The molecule has 6 nitrogen and oxygen atoms in total. The summed E-state index contributed by atoms with van der Waals surface area (Å²) < 4.78 is 13.1. The van der Waals surface area contributed by atoms with Gasteiger partial charge in [-0.2, -0.15) is 5.10 Å². The number of carbonyl (C=O) groups excluding carboxylic acids is 1. The number of aryl methyl sites for hydroxylation is 1. The Bertz CT molecular complexity index is 752. The van der Waals surface area contributed by atoms with Crippen LogP contribution in [0.2, 0.25) is 0 Å². The van der Waals surface area contributed by atoms with Gasteiger partial charge in [-0.05, 0) is 36.6 Å². The van der Waals surface area contributed by atoms with Crippen LogP contribution in [0.5, 0.6) is 11.5 Å². The molecule has 2 aromatic rings. The molecule has 0 fully saturated rings. The number of aromatic nitrogens is 2. The second-order valence-electron chi connectivity index (χ2n) is 6.44. The molecule has 1 N–H and O–H groups in total. The fourth-order valence-corrected chi connectivity index (χ4v) is 2.73. The van der Waals surface area contributed by atoms with Gasteiger partial charge in [0.2, 0.25) is 0 Å². The van der Waals surface area contributed by atoms with Gasteiger partial charge in [-0.25, -0.2) is 0 Å². The monoisotopic (exact) mass is 343 g/mol. The first-order valence-corrected chi connectivity index (χ1v) is 8.83. The van der Waals surface area contributed by atoms with E-state index in [2.05, 4.69) is 24.3 Å². The van der Waals surface area contributed by atoms with Crippen molar-refractivity contribution in [1.82, 2.24) is 15.1 Å². The number of carbonyl (C=O) groups is 1. The van der Waals surface area contributed by atoms with E-state index < -0.39 is 0 Å². The fraction of sp³-hybridized carbons (Fsp3) is 0.474. The van der Waals surface area contributed by atoms with E-state index >= 15 is 0 Å². The lowest BCUT2D eigenvalue weighted by molar-refractivity contribution is 0.0940. The van der Waals surface area contributed by atoms with Crippen LogP contribution in [-0.4, -0.2) is 28.9 Å². The van der Waals surface area contributed by atoms with Crippen molar-refractivity contribution in [3.05, 3.63) is 41.2 Å². The van der Waals surface area contributed by atoms with Crippen LogP contribution >= 0.6 is 0 Å². The number of nitrogens with one attached hydrogen (secondary N) is 1. The number of rotatable bonds is 5. The number of nitrogens with zero attached hydrogens (tertiary/aromatic N) is 2. The molecule has 0 saturated heterocycles. The summed E-state index contributed by atoms with van der Waals surface area (Å²) in [6.07, 6.45) is 0.875. The Hall–Kier alpha value is -2.50. The second kappa shape index (κ2) is 7.59. The molecule has 6 heteroatoms. The maximum Gasteiger partial charge on any atom is 0.269 e. The highest BCUT2D eigenvalue weighted by Crippen LogP contribution is 2.30. The molecule has 0 bridgehead atoms. The molecule has 2 heterocycles. The Balaban J connectivity index is 1.69. The van der Waals surface area contributed by atoms with Crippen molar-refractivity contribution in [2.24, 2.45) is 0 Å². The quantitative estimate of drug-likeness (QED) is 0.906. The van der Waals surface area contributed by atoms with Crippen molar-refractivity contribution in [1.29, 1.82) is 0 Å². The molecular formula is C19H25N3O3.